The molecule has 0 bridgehead atoms. The molecule has 0 radical (unpaired) electrons. The van der Waals surface area contributed by atoms with E-state index in [-0.39, 0.29) is 12.0 Å². The van der Waals surface area contributed by atoms with Crippen molar-refractivity contribution in [3.05, 3.63) is 47.5 Å². The smallest absolute Gasteiger partial charge is 0.240 e. The van der Waals surface area contributed by atoms with Gasteiger partial charge in [0.2, 0.25) is 5.91 Å². The van der Waals surface area contributed by atoms with E-state index in [1.807, 2.05) is 11.4 Å². The molecular weight excluding hydrogens is 310 g/mol. The Labute approximate surface area is 140 Å². The Morgan fingerprint density at radius 2 is 2.26 bits per heavy atom. The summed E-state index contributed by atoms with van der Waals surface area (Å²) < 4.78 is 5.83. The van der Waals surface area contributed by atoms with Crippen LogP contribution in [0.2, 0.25) is 0 Å². The Bertz CT molecular complexity index is 604. The number of rotatable bonds is 6. The lowest BCUT2D eigenvalue weighted by Gasteiger charge is -2.32. The Kier molecular flexibility index (Phi) is 5.74. The van der Waals surface area contributed by atoms with E-state index in [9.17, 15) is 4.79 Å². The Balaban J connectivity index is 1.43. The van der Waals surface area contributed by atoms with Crippen LogP contribution in [0.1, 0.15) is 12.0 Å². The van der Waals surface area contributed by atoms with Crippen molar-refractivity contribution in [2.75, 3.05) is 31.6 Å². The maximum atomic E-state index is 12.0. The number of morpholine rings is 1. The summed E-state index contributed by atoms with van der Waals surface area (Å²) in [4.78, 5) is 18.3. The van der Waals surface area contributed by atoms with E-state index < -0.39 is 0 Å². The fourth-order valence-electron chi connectivity index (χ4n) is 2.72. The summed E-state index contributed by atoms with van der Waals surface area (Å²) in [5.41, 5.74) is 1.33. The normalized spacial score (nSPS) is 18.7. The number of benzene rings is 1. The van der Waals surface area contributed by atoms with E-state index in [4.69, 9.17) is 4.74 Å². The van der Waals surface area contributed by atoms with E-state index in [1.165, 1.54) is 16.9 Å². The van der Waals surface area contributed by atoms with Crippen molar-refractivity contribution in [1.82, 2.24) is 9.88 Å². The maximum absolute atomic E-state index is 12.0. The summed E-state index contributed by atoms with van der Waals surface area (Å²) in [6.07, 6.45) is 3.87. The quantitative estimate of drug-likeness (QED) is 0.883. The highest BCUT2D eigenvalue weighted by Crippen LogP contribution is 2.14. The minimum atomic E-state index is -0.0105. The number of hydrogen-bond donors (Lipinski definition) is 1. The lowest BCUT2D eigenvalue weighted by atomic mass is 10.1. The molecule has 0 aliphatic carbocycles. The molecule has 1 aliphatic rings. The Morgan fingerprint density at radius 3 is 3.04 bits per heavy atom. The molecule has 6 heteroatoms. The fourth-order valence-corrected chi connectivity index (χ4v) is 3.26. The SMILES string of the molecule is O=C(CN1CCO[C@@H](CCc2ccccc2)C1)Nc1nccs1. The molecule has 0 saturated carbocycles. The maximum Gasteiger partial charge on any atom is 0.240 e. The zero-order chi connectivity index (χ0) is 15.9. The van der Waals surface area contributed by atoms with Crippen molar-refractivity contribution >= 4 is 22.4 Å². The average Bonchev–Trinajstić information content (AvgIpc) is 3.07. The molecule has 2 aromatic rings. The average molecular weight is 331 g/mol. The minimum absolute atomic E-state index is 0.0105. The molecule has 2 heterocycles. The van der Waals surface area contributed by atoms with Gasteiger partial charge in [-0.2, -0.15) is 0 Å². The van der Waals surface area contributed by atoms with Crippen LogP contribution in [-0.2, 0) is 16.0 Å². The van der Waals surface area contributed by atoms with Gasteiger partial charge in [-0.05, 0) is 18.4 Å². The number of nitrogens with zero attached hydrogens (tertiary/aromatic N) is 2. The van der Waals surface area contributed by atoms with Crippen LogP contribution in [0.15, 0.2) is 41.9 Å². The molecular formula is C17H21N3O2S. The molecule has 0 spiro atoms. The first-order valence-corrected chi connectivity index (χ1v) is 8.75. The van der Waals surface area contributed by atoms with Crippen molar-refractivity contribution in [2.24, 2.45) is 0 Å². The summed E-state index contributed by atoms with van der Waals surface area (Å²) in [6.45, 7) is 2.68. The first-order valence-electron chi connectivity index (χ1n) is 7.87. The zero-order valence-corrected chi connectivity index (χ0v) is 13.8. The Hall–Kier alpha value is -1.76. The van der Waals surface area contributed by atoms with Crippen LogP contribution in [0.4, 0.5) is 5.13 Å². The molecule has 1 aliphatic heterocycles. The van der Waals surface area contributed by atoms with Crippen LogP contribution >= 0.6 is 11.3 Å². The molecule has 0 unspecified atom stereocenters. The van der Waals surface area contributed by atoms with Crippen molar-refractivity contribution < 1.29 is 9.53 Å². The van der Waals surface area contributed by atoms with Crippen LogP contribution < -0.4 is 5.32 Å². The van der Waals surface area contributed by atoms with Gasteiger partial charge in [0.1, 0.15) is 0 Å². The van der Waals surface area contributed by atoms with E-state index in [0.717, 1.165) is 25.9 Å². The van der Waals surface area contributed by atoms with Gasteiger partial charge in [-0.15, -0.1) is 11.3 Å². The van der Waals surface area contributed by atoms with Crippen LogP contribution in [0.5, 0.6) is 0 Å². The van der Waals surface area contributed by atoms with Gasteiger partial charge in [-0.25, -0.2) is 4.98 Å². The minimum Gasteiger partial charge on any atom is -0.376 e. The highest BCUT2D eigenvalue weighted by atomic mass is 32.1. The summed E-state index contributed by atoms with van der Waals surface area (Å²) in [7, 11) is 0. The molecule has 3 rings (SSSR count). The van der Waals surface area contributed by atoms with Crippen molar-refractivity contribution in [1.29, 1.82) is 0 Å². The zero-order valence-electron chi connectivity index (χ0n) is 13.0. The van der Waals surface area contributed by atoms with Crippen LogP contribution in [0.3, 0.4) is 0 Å². The second kappa shape index (κ2) is 8.19. The fraction of sp³-hybridized carbons (Fsp3) is 0.412. The number of ether oxygens (including phenoxy) is 1. The number of carbonyl (C=O) groups is 1. The van der Waals surface area contributed by atoms with E-state index in [2.05, 4.69) is 39.5 Å². The third-order valence-corrected chi connectivity index (χ3v) is 4.56. The third kappa shape index (κ3) is 5.13. The summed E-state index contributed by atoms with van der Waals surface area (Å²) >= 11 is 1.43. The number of anilines is 1. The molecule has 122 valence electrons. The lowest BCUT2D eigenvalue weighted by Crippen LogP contribution is -2.45. The van der Waals surface area contributed by atoms with Crippen molar-refractivity contribution in [3.8, 4) is 0 Å². The van der Waals surface area contributed by atoms with Crippen molar-refractivity contribution in [3.63, 3.8) is 0 Å². The number of nitrogens with one attached hydrogen (secondary N) is 1. The molecule has 5 nitrogen and oxygen atoms in total. The van der Waals surface area contributed by atoms with Gasteiger partial charge < -0.3 is 10.1 Å². The second-order valence-electron chi connectivity index (χ2n) is 5.64. The third-order valence-electron chi connectivity index (χ3n) is 3.87. The first kappa shape index (κ1) is 16.1. The van der Waals surface area contributed by atoms with Gasteiger partial charge in [0, 0.05) is 24.7 Å². The Morgan fingerprint density at radius 1 is 1.39 bits per heavy atom. The van der Waals surface area contributed by atoms with E-state index >= 15 is 0 Å². The molecule has 1 N–H and O–H groups in total. The number of thiazole rings is 1. The molecule has 1 fully saturated rings. The van der Waals surface area contributed by atoms with Gasteiger partial charge in [0.05, 0.1) is 19.3 Å². The molecule has 1 aromatic heterocycles. The summed E-state index contributed by atoms with van der Waals surface area (Å²) in [5.74, 6) is -0.0105. The number of carbonyl (C=O) groups excluding carboxylic acids is 1. The summed E-state index contributed by atoms with van der Waals surface area (Å²) in [5, 5.41) is 5.34. The number of hydrogen-bond acceptors (Lipinski definition) is 5. The number of amides is 1. The van der Waals surface area contributed by atoms with Gasteiger partial charge in [0.25, 0.3) is 0 Å². The highest BCUT2D eigenvalue weighted by molar-refractivity contribution is 7.13. The molecule has 1 atom stereocenters. The largest absolute Gasteiger partial charge is 0.376 e. The van der Waals surface area contributed by atoms with E-state index in [1.54, 1.807) is 6.20 Å². The molecule has 1 saturated heterocycles. The molecule has 1 aromatic carbocycles. The van der Waals surface area contributed by atoms with Crippen LogP contribution in [-0.4, -0.2) is 48.1 Å². The van der Waals surface area contributed by atoms with Gasteiger partial charge >= 0.3 is 0 Å². The van der Waals surface area contributed by atoms with Crippen LogP contribution in [0.25, 0.3) is 0 Å². The predicted octanol–water partition coefficient (Wildman–Crippen LogP) is 2.42. The summed E-state index contributed by atoms with van der Waals surface area (Å²) in [6, 6.07) is 10.4. The standard InChI is InChI=1S/C17H21N3O2S/c21-16(19-17-18-8-11-23-17)13-20-9-10-22-15(12-20)7-6-14-4-2-1-3-5-14/h1-5,8,11,15H,6-7,9-10,12-13H2,(H,18,19,21)/t15-/m0/s1. The lowest BCUT2D eigenvalue weighted by molar-refractivity contribution is -0.119. The van der Waals surface area contributed by atoms with Crippen LogP contribution in [0, 0.1) is 0 Å². The van der Waals surface area contributed by atoms with Gasteiger partial charge in [-0.1, -0.05) is 30.3 Å². The molecule has 1 amide bonds. The highest BCUT2D eigenvalue weighted by Gasteiger charge is 2.22. The second-order valence-corrected chi connectivity index (χ2v) is 6.53. The molecule has 23 heavy (non-hydrogen) atoms. The van der Waals surface area contributed by atoms with Gasteiger partial charge in [-0.3, -0.25) is 9.69 Å². The van der Waals surface area contributed by atoms with E-state index in [0.29, 0.717) is 18.3 Å². The topological polar surface area (TPSA) is 54.5 Å². The monoisotopic (exact) mass is 331 g/mol. The first-order chi connectivity index (χ1) is 11.3. The number of aryl methyl sites for hydroxylation is 1. The number of aromatic nitrogens is 1. The predicted molar refractivity (Wildman–Crippen MR) is 91.7 cm³/mol. The van der Waals surface area contributed by atoms with Crippen molar-refractivity contribution in [2.45, 2.75) is 18.9 Å². The van der Waals surface area contributed by atoms with Gasteiger partial charge in [0.15, 0.2) is 5.13 Å².